The first kappa shape index (κ1) is 33.4. The van der Waals surface area contributed by atoms with Crippen LogP contribution in [-0.2, 0) is 10.1 Å². The number of rotatable bonds is 21. The van der Waals surface area contributed by atoms with Gasteiger partial charge >= 0.3 is 51.4 Å². The molecule has 1 aromatic carbocycles. The average Bonchev–Trinajstić information content (AvgIpc) is 3.23. The summed E-state index contributed by atoms with van der Waals surface area (Å²) in [5.74, 6) is 0. The van der Waals surface area contributed by atoms with Gasteiger partial charge in [-0.05, 0) is 25.0 Å². The first-order valence-corrected chi connectivity index (χ1v) is 15.5. The predicted octanol–water partition coefficient (Wildman–Crippen LogP) is 5.58. The maximum atomic E-state index is 11.4. The van der Waals surface area contributed by atoms with Crippen LogP contribution in [0.25, 0.3) is 0 Å². The molecule has 1 unspecified atom stereocenters. The van der Waals surface area contributed by atoms with Gasteiger partial charge in [0, 0.05) is 0 Å². The summed E-state index contributed by atoms with van der Waals surface area (Å²) in [6.45, 7) is 2.28. The first-order valence-electron chi connectivity index (χ1n) is 14.1. The van der Waals surface area contributed by atoms with E-state index in [1.54, 1.807) is 6.07 Å². The van der Waals surface area contributed by atoms with Crippen molar-refractivity contribution in [1.82, 2.24) is 0 Å². The average molecular weight is 533 g/mol. The molecule has 0 amide bonds. The Morgan fingerprint density at radius 1 is 0.686 bits per heavy atom. The minimum Gasteiger partial charge on any atom is -0.744 e. The Balaban J connectivity index is 0.00000612. The van der Waals surface area contributed by atoms with E-state index in [0.717, 1.165) is 12.8 Å². The molecule has 0 spiro atoms. The summed E-state index contributed by atoms with van der Waals surface area (Å²) in [6.07, 6.45) is 26.9. The van der Waals surface area contributed by atoms with Gasteiger partial charge in [0.15, 0.2) is 0 Å². The fraction of sp³-hybridized carbons (Fsp3) is 0.786. The molecule has 1 aliphatic heterocycles. The fourth-order valence-corrected chi connectivity index (χ4v) is 5.64. The van der Waals surface area contributed by atoms with Crippen molar-refractivity contribution in [2.45, 2.75) is 146 Å². The molecule has 0 aliphatic carbocycles. The number of benzene rings is 1. The van der Waals surface area contributed by atoms with Crippen molar-refractivity contribution in [3.8, 4) is 0 Å². The molecule has 0 saturated heterocycles. The Kier molecular flexibility index (Phi) is 19.4. The van der Waals surface area contributed by atoms with E-state index in [1.165, 1.54) is 122 Å². The van der Waals surface area contributed by atoms with E-state index in [4.69, 9.17) is 0 Å². The quantitative estimate of drug-likeness (QED) is 0.123. The van der Waals surface area contributed by atoms with Crippen molar-refractivity contribution < 1.29 is 64.4 Å². The Labute approximate surface area is 258 Å². The molecular weight excluding hydrogens is 483 g/mol. The van der Waals surface area contributed by atoms with Gasteiger partial charge in [-0.3, -0.25) is 0 Å². The molecule has 1 aromatic rings. The van der Waals surface area contributed by atoms with Crippen molar-refractivity contribution in [3.63, 3.8) is 0 Å². The minimum atomic E-state index is -4.46. The third-order valence-electron chi connectivity index (χ3n) is 7.04. The van der Waals surface area contributed by atoms with Crippen LogP contribution in [-0.4, -0.2) is 19.1 Å². The van der Waals surface area contributed by atoms with Crippen LogP contribution in [0.15, 0.2) is 23.1 Å². The van der Waals surface area contributed by atoms with Crippen LogP contribution in [0.3, 0.4) is 0 Å². The van der Waals surface area contributed by atoms with Crippen LogP contribution in [0.2, 0.25) is 0 Å². The van der Waals surface area contributed by atoms with Crippen molar-refractivity contribution in [1.29, 1.82) is 0 Å². The van der Waals surface area contributed by atoms with E-state index in [2.05, 4.69) is 17.6 Å². The number of hydrogen-bond donors (Lipinski definition) is 2. The molecule has 0 fully saturated rings. The van der Waals surface area contributed by atoms with E-state index in [1.807, 2.05) is 6.07 Å². The molecule has 0 radical (unpaired) electrons. The smallest absolute Gasteiger partial charge is 0.744 e. The second-order valence-electron chi connectivity index (χ2n) is 10.1. The summed E-state index contributed by atoms with van der Waals surface area (Å²) >= 11 is 0. The minimum absolute atomic E-state index is 0. The summed E-state index contributed by atoms with van der Waals surface area (Å²) in [4.78, 5) is -0.159. The molecule has 5 nitrogen and oxygen atoms in total. The summed E-state index contributed by atoms with van der Waals surface area (Å²) in [6, 6.07) is 4.79. The topological polar surface area (TPSA) is 81.3 Å². The zero-order valence-corrected chi connectivity index (χ0v) is 26.5. The molecule has 0 bridgehead atoms. The normalized spacial score (nSPS) is 14.7. The molecule has 1 aliphatic rings. The largest absolute Gasteiger partial charge is 1.00 e. The summed E-state index contributed by atoms with van der Waals surface area (Å²) in [5, 5.41) is 6.47. The van der Waals surface area contributed by atoms with Gasteiger partial charge in [0.1, 0.15) is 10.1 Å². The standard InChI is InChI=1S/C28H50N2O3S.K/c1-2-3-4-5-6-7-8-9-10-11-12-13-14-15-16-17-18-19-20-24-27-29-25-22-21-23-26(28(25)30-27)34(31,32)33;/h21-23,27,29-30H,2-20,24H2,1H3,(H,31,32,33);/q;+1/p-1. The van der Waals surface area contributed by atoms with Crippen LogP contribution in [0.4, 0.5) is 11.4 Å². The van der Waals surface area contributed by atoms with Gasteiger partial charge in [0.25, 0.3) is 0 Å². The molecule has 0 aromatic heterocycles. The van der Waals surface area contributed by atoms with Gasteiger partial charge in [-0.25, -0.2) is 8.42 Å². The first-order chi connectivity index (χ1) is 16.5. The van der Waals surface area contributed by atoms with Gasteiger partial charge in [-0.1, -0.05) is 129 Å². The van der Waals surface area contributed by atoms with Gasteiger partial charge in [-0.15, -0.1) is 0 Å². The van der Waals surface area contributed by atoms with Crippen LogP contribution >= 0.6 is 0 Å². The summed E-state index contributed by atoms with van der Waals surface area (Å²) in [7, 11) is -4.46. The van der Waals surface area contributed by atoms with Crippen molar-refractivity contribution in [2.24, 2.45) is 0 Å². The van der Waals surface area contributed by atoms with E-state index < -0.39 is 10.1 Å². The molecule has 1 heterocycles. The molecule has 196 valence electrons. The Morgan fingerprint density at radius 3 is 1.54 bits per heavy atom. The van der Waals surface area contributed by atoms with Gasteiger partial charge < -0.3 is 15.2 Å². The molecule has 35 heavy (non-hydrogen) atoms. The molecule has 7 heteroatoms. The number of nitrogens with one attached hydrogen (secondary N) is 2. The van der Waals surface area contributed by atoms with Gasteiger partial charge in [0.05, 0.1) is 22.4 Å². The Hall–Kier alpha value is 0.366. The van der Waals surface area contributed by atoms with Crippen LogP contribution in [0, 0.1) is 0 Å². The summed E-state index contributed by atoms with van der Waals surface area (Å²) in [5.41, 5.74) is 1.14. The van der Waals surface area contributed by atoms with Gasteiger partial charge in [0.2, 0.25) is 0 Å². The molecule has 0 saturated carbocycles. The van der Waals surface area contributed by atoms with E-state index in [9.17, 15) is 13.0 Å². The fourth-order valence-electron chi connectivity index (χ4n) is 4.98. The van der Waals surface area contributed by atoms with E-state index >= 15 is 0 Å². The number of anilines is 2. The number of para-hydroxylation sites is 1. The number of hydrogen-bond acceptors (Lipinski definition) is 5. The molecule has 2 rings (SSSR count). The zero-order valence-electron chi connectivity index (χ0n) is 22.6. The molecular formula is C28H49KN2O3S. The van der Waals surface area contributed by atoms with Crippen molar-refractivity contribution in [3.05, 3.63) is 18.2 Å². The van der Waals surface area contributed by atoms with E-state index in [-0.39, 0.29) is 62.4 Å². The number of unbranched alkanes of at least 4 members (excludes halogenated alkanes) is 18. The van der Waals surface area contributed by atoms with Crippen molar-refractivity contribution >= 4 is 21.5 Å². The van der Waals surface area contributed by atoms with E-state index in [0.29, 0.717) is 11.4 Å². The third kappa shape index (κ3) is 14.8. The maximum Gasteiger partial charge on any atom is 1.00 e. The second kappa shape index (κ2) is 20.3. The van der Waals surface area contributed by atoms with Crippen molar-refractivity contribution in [2.75, 3.05) is 10.6 Å². The Morgan fingerprint density at radius 2 is 1.11 bits per heavy atom. The molecule has 1 atom stereocenters. The monoisotopic (exact) mass is 532 g/mol. The second-order valence-corrected chi connectivity index (χ2v) is 11.5. The van der Waals surface area contributed by atoms with Crippen LogP contribution < -0.4 is 62.0 Å². The zero-order chi connectivity index (χ0) is 24.5. The Bertz CT molecular complexity index is 773. The van der Waals surface area contributed by atoms with Crippen LogP contribution in [0.5, 0.6) is 0 Å². The predicted molar refractivity (Wildman–Crippen MR) is 143 cm³/mol. The SMILES string of the molecule is CCCCCCCCCCCCCCCCCCCCCC1Nc2cccc(S(=O)(=O)[O-])c2N1.[K+]. The third-order valence-corrected chi connectivity index (χ3v) is 7.92. The maximum absolute atomic E-state index is 11.4. The molecule has 2 N–H and O–H groups in total. The summed E-state index contributed by atoms with van der Waals surface area (Å²) < 4.78 is 34.3. The number of fused-ring (bicyclic) bond motifs is 1. The van der Waals surface area contributed by atoms with Crippen LogP contribution in [0.1, 0.15) is 135 Å². The van der Waals surface area contributed by atoms with Gasteiger partial charge in [-0.2, -0.15) is 0 Å².